The molecule has 0 aromatic heterocycles. The molecule has 1 aromatic carbocycles. The van der Waals surface area contributed by atoms with Crippen LogP contribution in [0.3, 0.4) is 0 Å². The molecule has 1 aromatic rings. The molecule has 0 spiro atoms. The van der Waals surface area contributed by atoms with Gasteiger partial charge in [0.05, 0.1) is 12.8 Å². The van der Waals surface area contributed by atoms with Crippen LogP contribution in [0.4, 0.5) is 5.69 Å². The van der Waals surface area contributed by atoms with Crippen LogP contribution < -0.4 is 15.8 Å². The third-order valence-corrected chi connectivity index (χ3v) is 3.31. The fraction of sp³-hybridized carbons (Fsp3) is 0.500. The molecule has 1 aliphatic carbocycles. The molecule has 0 saturated heterocycles. The Balaban J connectivity index is 2.16. The Morgan fingerprint density at radius 3 is 2.88 bits per heavy atom. The minimum absolute atomic E-state index is 0.226. The molecule has 0 aliphatic heterocycles. The van der Waals surface area contributed by atoms with Crippen LogP contribution in [0.15, 0.2) is 18.2 Å². The van der Waals surface area contributed by atoms with Gasteiger partial charge in [0.1, 0.15) is 5.75 Å². The van der Waals surface area contributed by atoms with E-state index in [2.05, 4.69) is 5.32 Å². The topological polar surface area (TPSA) is 47.3 Å². The van der Waals surface area contributed by atoms with Gasteiger partial charge >= 0.3 is 0 Å². The molecule has 0 bridgehead atoms. The van der Waals surface area contributed by atoms with Gasteiger partial charge in [0.25, 0.3) is 0 Å². The van der Waals surface area contributed by atoms with Crippen LogP contribution in [0.1, 0.15) is 19.3 Å². The number of methoxy groups -OCH3 is 1. The predicted molar refractivity (Wildman–Crippen MR) is 67.2 cm³/mol. The van der Waals surface area contributed by atoms with Gasteiger partial charge in [0.2, 0.25) is 0 Å². The highest BCUT2D eigenvalue weighted by molar-refractivity contribution is 6.30. The summed E-state index contributed by atoms with van der Waals surface area (Å²) in [7, 11) is 1.66. The van der Waals surface area contributed by atoms with Crippen LogP contribution in [-0.4, -0.2) is 19.2 Å². The standard InChI is InChI=1S/C12H17ClN2O/c1-16-12-6-5-8(13)7-11(12)15-10-4-2-3-9(10)14/h5-7,9-10,15H,2-4,14H2,1H3/t9-,10-/m0/s1. The van der Waals surface area contributed by atoms with Gasteiger partial charge in [-0.05, 0) is 37.5 Å². The van der Waals surface area contributed by atoms with Crippen molar-refractivity contribution in [2.45, 2.75) is 31.3 Å². The monoisotopic (exact) mass is 240 g/mol. The molecular weight excluding hydrogens is 224 g/mol. The van der Waals surface area contributed by atoms with E-state index < -0.39 is 0 Å². The number of rotatable bonds is 3. The summed E-state index contributed by atoms with van der Waals surface area (Å²) in [5.74, 6) is 0.809. The maximum Gasteiger partial charge on any atom is 0.142 e. The molecular formula is C12H17ClN2O. The van der Waals surface area contributed by atoms with Gasteiger partial charge in [-0.1, -0.05) is 11.6 Å². The van der Waals surface area contributed by atoms with E-state index >= 15 is 0 Å². The highest BCUT2D eigenvalue weighted by Crippen LogP contribution is 2.30. The summed E-state index contributed by atoms with van der Waals surface area (Å²) in [6.45, 7) is 0. The van der Waals surface area contributed by atoms with Crippen molar-refractivity contribution in [3.8, 4) is 5.75 Å². The molecule has 1 fully saturated rings. The highest BCUT2D eigenvalue weighted by atomic mass is 35.5. The van der Waals surface area contributed by atoms with Gasteiger partial charge in [0, 0.05) is 17.1 Å². The molecule has 2 rings (SSSR count). The van der Waals surface area contributed by atoms with E-state index in [1.807, 2.05) is 18.2 Å². The second-order valence-corrected chi connectivity index (χ2v) is 4.63. The Morgan fingerprint density at radius 1 is 1.44 bits per heavy atom. The number of nitrogens with one attached hydrogen (secondary N) is 1. The van der Waals surface area contributed by atoms with Crippen LogP contribution >= 0.6 is 11.6 Å². The van der Waals surface area contributed by atoms with Crippen molar-refractivity contribution in [3.05, 3.63) is 23.2 Å². The quantitative estimate of drug-likeness (QED) is 0.854. The van der Waals surface area contributed by atoms with Crippen LogP contribution in [0.25, 0.3) is 0 Å². The van der Waals surface area contributed by atoms with Gasteiger partial charge in [-0.2, -0.15) is 0 Å². The Morgan fingerprint density at radius 2 is 2.25 bits per heavy atom. The lowest BCUT2D eigenvalue weighted by Crippen LogP contribution is -2.35. The molecule has 2 atom stereocenters. The SMILES string of the molecule is COc1ccc(Cl)cc1N[C@H]1CCC[C@@H]1N. The summed E-state index contributed by atoms with van der Waals surface area (Å²) >= 11 is 5.97. The van der Waals surface area contributed by atoms with E-state index in [9.17, 15) is 0 Å². The van der Waals surface area contributed by atoms with E-state index in [1.54, 1.807) is 7.11 Å². The van der Waals surface area contributed by atoms with Crippen molar-refractivity contribution in [1.29, 1.82) is 0 Å². The van der Waals surface area contributed by atoms with Crippen molar-refractivity contribution in [2.24, 2.45) is 5.73 Å². The maximum atomic E-state index is 6.02. The van der Waals surface area contributed by atoms with Crippen LogP contribution in [-0.2, 0) is 0 Å². The molecule has 3 N–H and O–H groups in total. The second-order valence-electron chi connectivity index (χ2n) is 4.19. The van der Waals surface area contributed by atoms with Crippen molar-refractivity contribution in [1.82, 2.24) is 0 Å². The van der Waals surface area contributed by atoms with Crippen molar-refractivity contribution in [3.63, 3.8) is 0 Å². The Kier molecular flexibility index (Phi) is 3.56. The summed E-state index contributed by atoms with van der Waals surface area (Å²) in [6, 6.07) is 6.12. The summed E-state index contributed by atoms with van der Waals surface area (Å²) < 4.78 is 5.28. The largest absolute Gasteiger partial charge is 0.495 e. The summed E-state index contributed by atoms with van der Waals surface area (Å²) in [6.07, 6.45) is 3.37. The molecule has 3 nitrogen and oxygen atoms in total. The molecule has 4 heteroatoms. The molecule has 1 aliphatic rings. The summed E-state index contributed by atoms with van der Waals surface area (Å²) in [4.78, 5) is 0. The van der Waals surface area contributed by atoms with E-state index in [4.69, 9.17) is 22.1 Å². The smallest absolute Gasteiger partial charge is 0.142 e. The van der Waals surface area contributed by atoms with Crippen molar-refractivity contribution >= 4 is 17.3 Å². The van der Waals surface area contributed by atoms with Gasteiger partial charge in [0.15, 0.2) is 0 Å². The number of hydrogen-bond acceptors (Lipinski definition) is 3. The number of benzene rings is 1. The average Bonchev–Trinajstić information content (AvgIpc) is 2.65. The van der Waals surface area contributed by atoms with Gasteiger partial charge in [-0.15, -0.1) is 0 Å². The van der Waals surface area contributed by atoms with Crippen molar-refractivity contribution in [2.75, 3.05) is 12.4 Å². The van der Waals surface area contributed by atoms with Gasteiger partial charge in [-0.3, -0.25) is 0 Å². The van der Waals surface area contributed by atoms with E-state index in [0.717, 1.165) is 24.3 Å². The Bertz CT molecular complexity index is 370. The Hall–Kier alpha value is -0.930. The number of ether oxygens (including phenoxy) is 1. The lowest BCUT2D eigenvalue weighted by Gasteiger charge is -2.20. The predicted octanol–water partition coefficient (Wildman–Crippen LogP) is 2.64. The van der Waals surface area contributed by atoms with Crippen LogP contribution in [0.2, 0.25) is 5.02 Å². The Labute approximate surface area is 101 Å². The van der Waals surface area contributed by atoms with E-state index in [-0.39, 0.29) is 6.04 Å². The second kappa shape index (κ2) is 4.93. The molecule has 88 valence electrons. The molecule has 0 heterocycles. The third kappa shape index (κ3) is 2.42. The molecule has 16 heavy (non-hydrogen) atoms. The zero-order chi connectivity index (χ0) is 11.5. The molecule has 0 unspecified atom stereocenters. The minimum atomic E-state index is 0.226. The third-order valence-electron chi connectivity index (χ3n) is 3.07. The normalized spacial score (nSPS) is 24.4. The lowest BCUT2D eigenvalue weighted by atomic mass is 10.1. The van der Waals surface area contributed by atoms with Crippen LogP contribution in [0.5, 0.6) is 5.75 Å². The van der Waals surface area contributed by atoms with Crippen molar-refractivity contribution < 1.29 is 4.74 Å². The fourth-order valence-corrected chi connectivity index (χ4v) is 2.33. The summed E-state index contributed by atoms with van der Waals surface area (Å²) in [5, 5.41) is 4.12. The maximum absolute atomic E-state index is 6.02. The fourth-order valence-electron chi connectivity index (χ4n) is 2.16. The zero-order valence-corrected chi connectivity index (χ0v) is 10.1. The number of halogens is 1. The zero-order valence-electron chi connectivity index (χ0n) is 9.37. The highest BCUT2D eigenvalue weighted by Gasteiger charge is 2.24. The number of anilines is 1. The summed E-state index contributed by atoms with van der Waals surface area (Å²) in [5.41, 5.74) is 6.95. The number of hydrogen-bond donors (Lipinski definition) is 2. The molecule has 0 amide bonds. The molecule has 0 radical (unpaired) electrons. The minimum Gasteiger partial charge on any atom is -0.495 e. The lowest BCUT2D eigenvalue weighted by molar-refractivity contribution is 0.415. The first-order valence-electron chi connectivity index (χ1n) is 5.56. The van der Waals surface area contributed by atoms with E-state index in [1.165, 1.54) is 6.42 Å². The van der Waals surface area contributed by atoms with Gasteiger partial charge < -0.3 is 15.8 Å². The average molecular weight is 241 g/mol. The van der Waals surface area contributed by atoms with Crippen LogP contribution in [0, 0.1) is 0 Å². The van der Waals surface area contributed by atoms with Gasteiger partial charge in [-0.25, -0.2) is 0 Å². The number of nitrogens with two attached hydrogens (primary N) is 1. The van der Waals surface area contributed by atoms with E-state index in [0.29, 0.717) is 11.1 Å². The first-order chi connectivity index (χ1) is 7.70. The first-order valence-corrected chi connectivity index (χ1v) is 5.94. The molecule has 1 saturated carbocycles. The first kappa shape index (κ1) is 11.6.